The van der Waals surface area contributed by atoms with Crippen molar-refractivity contribution in [3.8, 4) is 17.1 Å². The topological polar surface area (TPSA) is 80.5 Å². The van der Waals surface area contributed by atoms with Gasteiger partial charge in [0.2, 0.25) is 5.82 Å². The van der Waals surface area contributed by atoms with Crippen LogP contribution in [0.4, 0.5) is 9.18 Å². The maximum Gasteiger partial charge on any atom is 0.322 e. The Hall–Kier alpha value is -4.46. The summed E-state index contributed by atoms with van der Waals surface area (Å²) in [7, 11) is 1.60. The number of carbonyl (C=O) groups is 1. The third-order valence-corrected chi connectivity index (χ3v) is 5.99. The van der Waals surface area contributed by atoms with Crippen molar-refractivity contribution >= 4 is 11.6 Å². The summed E-state index contributed by atoms with van der Waals surface area (Å²) in [6.07, 6.45) is 0. The summed E-state index contributed by atoms with van der Waals surface area (Å²) in [6, 6.07) is 22.3. The number of halogens is 1. The van der Waals surface area contributed by atoms with Crippen LogP contribution in [-0.4, -0.2) is 28.2 Å². The number of amides is 2. The smallest absolute Gasteiger partial charge is 0.322 e. The Bertz CT molecular complexity index is 1370. The molecule has 0 spiro atoms. The van der Waals surface area contributed by atoms with E-state index < -0.39 is 6.04 Å². The number of benzene rings is 3. The molecular formula is C27H23FN4O3. The predicted molar refractivity (Wildman–Crippen MR) is 129 cm³/mol. The van der Waals surface area contributed by atoms with Gasteiger partial charge in [-0.2, -0.15) is 4.98 Å². The second-order valence-electron chi connectivity index (χ2n) is 8.16. The Labute approximate surface area is 201 Å². The molecule has 1 aromatic heterocycles. The second kappa shape index (κ2) is 9.42. The molecule has 176 valence electrons. The zero-order valence-electron chi connectivity index (χ0n) is 19.2. The Balaban J connectivity index is 1.58. The number of hydrogen-bond acceptors (Lipinski definition) is 5. The molecule has 2 amide bonds. The first-order valence-electron chi connectivity index (χ1n) is 11.1. The highest BCUT2D eigenvalue weighted by Crippen LogP contribution is 2.38. The van der Waals surface area contributed by atoms with Gasteiger partial charge in [-0.25, -0.2) is 9.18 Å². The van der Waals surface area contributed by atoms with Crippen LogP contribution in [0.15, 0.2) is 89.1 Å². The number of hydrogen-bond donors (Lipinski definition) is 1. The van der Waals surface area contributed by atoms with E-state index in [4.69, 9.17) is 9.26 Å². The van der Waals surface area contributed by atoms with Crippen LogP contribution in [0.5, 0.6) is 5.75 Å². The maximum atomic E-state index is 13.4. The van der Waals surface area contributed by atoms with Crippen LogP contribution in [0, 0.1) is 5.82 Å². The maximum absolute atomic E-state index is 13.4. The largest absolute Gasteiger partial charge is 0.497 e. The summed E-state index contributed by atoms with van der Waals surface area (Å²) in [5.41, 5.74) is 3.81. The number of methoxy groups -OCH3 is 1. The van der Waals surface area contributed by atoms with Crippen LogP contribution in [0.3, 0.4) is 0 Å². The SMILES string of the molecule is COc1ccc(C2NC(=O)N(Cc3ccc(F)cc3)C(C)=C2c2nc(-c3ccccc3)no2)cc1. The molecule has 1 N–H and O–H groups in total. The fourth-order valence-electron chi connectivity index (χ4n) is 4.10. The molecular weight excluding hydrogens is 447 g/mol. The molecule has 3 aromatic carbocycles. The van der Waals surface area contributed by atoms with Gasteiger partial charge in [0, 0.05) is 11.3 Å². The summed E-state index contributed by atoms with van der Waals surface area (Å²) in [5, 5.41) is 7.24. The van der Waals surface area contributed by atoms with E-state index in [0.717, 1.165) is 16.7 Å². The summed E-state index contributed by atoms with van der Waals surface area (Å²) >= 11 is 0. The summed E-state index contributed by atoms with van der Waals surface area (Å²) in [4.78, 5) is 19.4. The predicted octanol–water partition coefficient (Wildman–Crippen LogP) is 5.58. The van der Waals surface area contributed by atoms with Crippen molar-refractivity contribution in [3.63, 3.8) is 0 Å². The van der Waals surface area contributed by atoms with Crippen molar-refractivity contribution in [2.45, 2.75) is 19.5 Å². The van der Waals surface area contributed by atoms with E-state index in [1.54, 1.807) is 24.1 Å². The highest BCUT2D eigenvalue weighted by molar-refractivity contribution is 5.86. The summed E-state index contributed by atoms with van der Waals surface area (Å²) in [6.45, 7) is 2.11. The number of nitrogens with zero attached hydrogens (tertiary/aromatic N) is 3. The molecule has 1 aliphatic heterocycles. The molecule has 1 atom stereocenters. The van der Waals surface area contributed by atoms with Crippen molar-refractivity contribution < 1.29 is 18.4 Å². The molecule has 1 unspecified atom stereocenters. The molecule has 8 heteroatoms. The van der Waals surface area contributed by atoms with E-state index in [1.165, 1.54) is 12.1 Å². The lowest BCUT2D eigenvalue weighted by Crippen LogP contribution is -2.45. The third-order valence-electron chi connectivity index (χ3n) is 5.99. The van der Waals surface area contributed by atoms with E-state index in [9.17, 15) is 9.18 Å². The molecule has 1 aliphatic rings. The minimum Gasteiger partial charge on any atom is -0.497 e. The molecule has 0 saturated heterocycles. The van der Waals surface area contributed by atoms with Gasteiger partial charge in [-0.15, -0.1) is 0 Å². The first-order valence-corrected chi connectivity index (χ1v) is 11.1. The number of urea groups is 1. The molecule has 5 rings (SSSR count). The molecule has 0 fully saturated rings. The highest BCUT2D eigenvalue weighted by atomic mass is 19.1. The van der Waals surface area contributed by atoms with Gasteiger partial charge in [-0.05, 0) is 42.3 Å². The number of nitrogens with one attached hydrogen (secondary N) is 1. The lowest BCUT2D eigenvalue weighted by molar-refractivity contribution is 0.203. The van der Waals surface area contributed by atoms with Gasteiger partial charge >= 0.3 is 6.03 Å². The van der Waals surface area contributed by atoms with Crippen molar-refractivity contribution in [3.05, 3.63) is 107 Å². The first-order chi connectivity index (χ1) is 17.0. The van der Waals surface area contributed by atoms with E-state index in [0.29, 0.717) is 28.7 Å². The van der Waals surface area contributed by atoms with Crippen LogP contribution in [0.2, 0.25) is 0 Å². The number of ether oxygens (including phenoxy) is 1. The van der Waals surface area contributed by atoms with Gasteiger partial charge in [0.25, 0.3) is 5.89 Å². The van der Waals surface area contributed by atoms with E-state index in [1.807, 2.05) is 61.5 Å². The van der Waals surface area contributed by atoms with Crippen LogP contribution in [0.25, 0.3) is 17.0 Å². The number of allylic oxidation sites excluding steroid dienone is 1. The number of rotatable bonds is 6. The van der Waals surface area contributed by atoms with E-state index >= 15 is 0 Å². The van der Waals surface area contributed by atoms with E-state index in [2.05, 4.69) is 15.5 Å². The van der Waals surface area contributed by atoms with Crippen molar-refractivity contribution in [2.24, 2.45) is 0 Å². The second-order valence-corrected chi connectivity index (χ2v) is 8.16. The standard InChI is InChI=1S/C27H23FN4O3/c1-17-23(26-30-25(31-35-26)20-6-4-3-5-7-20)24(19-10-14-22(34-2)15-11-19)29-27(33)32(17)16-18-8-12-21(28)13-9-18/h3-15,24H,16H2,1-2H3,(H,29,33). The Morgan fingerprint density at radius 1 is 1.03 bits per heavy atom. The average molecular weight is 471 g/mol. The van der Waals surface area contributed by atoms with Crippen LogP contribution in [0.1, 0.15) is 30.0 Å². The van der Waals surface area contributed by atoms with Gasteiger partial charge in [0.15, 0.2) is 0 Å². The Kier molecular flexibility index (Phi) is 6.01. The summed E-state index contributed by atoms with van der Waals surface area (Å²) in [5.74, 6) is 1.14. The fourth-order valence-corrected chi connectivity index (χ4v) is 4.10. The van der Waals surface area contributed by atoms with Crippen LogP contribution in [-0.2, 0) is 6.54 Å². The van der Waals surface area contributed by atoms with Crippen molar-refractivity contribution in [2.75, 3.05) is 7.11 Å². The minimum absolute atomic E-state index is 0.260. The van der Waals surface area contributed by atoms with Gasteiger partial charge in [-0.1, -0.05) is 59.8 Å². The zero-order valence-corrected chi connectivity index (χ0v) is 19.2. The molecule has 4 aromatic rings. The Morgan fingerprint density at radius 2 is 1.74 bits per heavy atom. The monoisotopic (exact) mass is 470 g/mol. The van der Waals surface area contributed by atoms with Crippen LogP contribution >= 0.6 is 0 Å². The van der Waals surface area contributed by atoms with Gasteiger partial charge in [0.05, 0.1) is 25.3 Å². The molecule has 0 bridgehead atoms. The first kappa shape index (κ1) is 22.3. The van der Waals surface area contributed by atoms with Crippen molar-refractivity contribution in [1.82, 2.24) is 20.4 Å². The number of aromatic nitrogens is 2. The van der Waals surface area contributed by atoms with Gasteiger partial charge in [-0.3, -0.25) is 4.90 Å². The highest BCUT2D eigenvalue weighted by Gasteiger charge is 2.35. The lowest BCUT2D eigenvalue weighted by Gasteiger charge is -2.35. The average Bonchev–Trinajstić information content (AvgIpc) is 3.38. The molecule has 0 radical (unpaired) electrons. The fraction of sp³-hybridized carbons (Fsp3) is 0.148. The zero-order chi connectivity index (χ0) is 24.4. The minimum atomic E-state index is -0.512. The van der Waals surface area contributed by atoms with Crippen LogP contribution < -0.4 is 10.1 Å². The van der Waals surface area contributed by atoms with E-state index in [-0.39, 0.29) is 18.4 Å². The quantitative estimate of drug-likeness (QED) is 0.398. The molecule has 0 aliphatic carbocycles. The molecule has 0 saturated carbocycles. The lowest BCUT2D eigenvalue weighted by atomic mass is 9.94. The van der Waals surface area contributed by atoms with Crippen molar-refractivity contribution in [1.29, 1.82) is 0 Å². The number of carbonyl (C=O) groups excluding carboxylic acids is 1. The Morgan fingerprint density at radius 3 is 2.43 bits per heavy atom. The van der Waals surface area contributed by atoms with Gasteiger partial charge < -0.3 is 14.6 Å². The summed E-state index contributed by atoms with van der Waals surface area (Å²) < 4.78 is 24.4. The third kappa shape index (κ3) is 4.50. The molecule has 2 heterocycles. The molecule has 35 heavy (non-hydrogen) atoms. The van der Waals surface area contributed by atoms with Gasteiger partial charge in [0.1, 0.15) is 11.6 Å². The normalized spacial score (nSPS) is 15.8. The molecule has 7 nitrogen and oxygen atoms in total.